The first kappa shape index (κ1) is 25.0. The highest BCUT2D eigenvalue weighted by atomic mass is 79.9. The molecule has 34 heavy (non-hydrogen) atoms. The SMILES string of the molecule is Br.Cc1nn(CCc2nc(-c3ccc(Br)cc3)cs2)c2nc(-c3cccs3)cc(C(F)(F)F)c12. The number of fused-ring (bicyclic) bond motifs is 1. The van der Waals surface area contributed by atoms with Gasteiger partial charge in [0.15, 0.2) is 5.65 Å². The molecule has 0 N–H and O–H groups in total. The fraction of sp³-hybridized carbons (Fsp3) is 0.174. The van der Waals surface area contributed by atoms with E-state index in [1.807, 2.05) is 35.0 Å². The van der Waals surface area contributed by atoms with Crippen LogP contribution in [0.1, 0.15) is 16.3 Å². The number of benzene rings is 1. The van der Waals surface area contributed by atoms with E-state index in [0.29, 0.717) is 29.2 Å². The van der Waals surface area contributed by atoms with E-state index in [-0.39, 0.29) is 28.0 Å². The van der Waals surface area contributed by atoms with Crippen molar-refractivity contribution < 1.29 is 13.2 Å². The molecule has 5 rings (SSSR count). The fourth-order valence-corrected chi connectivity index (χ4v) is 5.41. The number of hydrogen-bond donors (Lipinski definition) is 0. The highest BCUT2D eigenvalue weighted by Gasteiger charge is 2.35. The van der Waals surface area contributed by atoms with Gasteiger partial charge in [-0.1, -0.05) is 34.1 Å². The van der Waals surface area contributed by atoms with Crippen molar-refractivity contribution in [1.82, 2.24) is 19.7 Å². The van der Waals surface area contributed by atoms with Crippen LogP contribution in [0.3, 0.4) is 0 Å². The van der Waals surface area contributed by atoms with Gasteiger partial charge in [0, 0.05) is 28.4 Å². The smallest absolute Gasteiger partial charge is 0.247 e. The summed E-state index contributed by atoms with van der Waals surface area (Å²) in [6, 6.07) is 12.6. The molecule has 0 atom stereocenters. The van der Waals surface area contributed by atoms with Crippen molar-refractivity contribution >= 4 is 66.6 Å². The van der Waals surface area contributed by atoms with Gasteiger partial charge in [-0.3, -0.25) is 0 Å². The zero-order chi connectivity index (χ0) is 23.2. The molecular formula is C23H17Br2F3N4S2. The van der Waals surface area contributed by atoms with Crippen molar-refractivity contribution in [1.29, 1.82) is 0 Å². The van der Waals surface area contributed by atoms with E-state index < -0.39 is 11.7 Å². The molecule has 0 unspecified atom stereocenters. The van der Waals surface area contributed by atoms with E-state index in [2.05, 4.69) is 26.0 Å². The van der Waals surface area contributed by atoms with E-state index in [9.17, 15) is 13.2 Å². The molecule has 176 valence electrons. The van der Waals surface area contributed by atoms with Crippen molar-refractivity contribution in [2.24, 2.45) is 0 Å². The third-order valence-electron chi connectivity index (χ3n) is 5.19. The first-order valence-electron chi connectivity index (χ1n) is 9.99. The highest BCUT2D eigenvalue weighted by Crippen LogP contribution is 2.39. The summed E-state index contributed by atoms with van der Waals surface area (Å²) in [5.74, 6) is 0. The van der Waals surface area contributed by atoms with Crippen molar-refractivity contribution in [3.63, 3.8) is 0 Å². The molecule has 0 amide bonds. The largest absolute Gasteiger partial charge is 0.417 e. The van der Waals surface area contributed by atoms with Crippen LogP contribution >= 0.6 is 55.6 Å². The molecule has 0 fully saturated rings. The van der Waals surface area contributed by atoms with Crippen LogP contribution in [-0.2, 0) is 19.1 Å². The second-order valence-corrected chi connectivity index (χ2v) is 10.2. The van der Waals surface area contributed by atoms with Crippen molar-refractivity contribution in [3.8, 4) is 21.8 Å². The quantitative estimate of drug-likeness (QED) is 0.197. The Morgan fingerprint density at radius 3 is 2.47 bits per heavy atom. The van der Waals surface area contributed by atoms with Gasteiger partial charge in [-0.25, -0.2) is 14.6 Å². The summed E-state index contributed by atoms with van der Waals surface area (Å²) in [6.07, 6.45) is -3.95. The average Bonchev–Trinajstić information content (AvgIpc) is 3.53. The molecule has 0 aliphatic heterocycles. The maximum atomic E-state index is 13.9. The molecule has 1 aromatic carbocycles. The molecule has 0 radical (unpaired) electrons. The summed E-state index contributed by atoms with van der Waals surface area (Å²) in [6.45, 7) is 1.98. The van der Waals surface area contributed by atoms with Crippen LogP contribution in [-0.4, -0.2) is 19.7 Å². The monoisotopic (exact) mass is 628 g/mol. The Balaban J connectivity index is 0.00000274. The average molecular weight is 630 g/mol. The maximum absolute atomic E-state index is 13.9. The summed E-state index contributed by atoms with van der Waals surface area (Å²) in [7, 11) is 0. The van der Waals surface area contributed by atoms with Crippen molar-refractivity contribution in [2.75, 3.05) is 0 Å². The molecule has 0 saturated carbocycles. The van der Waals surface area contributed by atoms with E-state index >= 15 is 0 Å². The summed E-state index contributed by atoms with van der Waals surface area (Å²) in [5.41, 5.74) is 2.05. The minimum atomic E-state index is -4.50. The van der Waals surface area contributed by atoms with Crippen molar-refractivity contribution in [2.45, 2.75) is 26.1 Å². The Hall–Kier alpha value is -2.08. The van der Waals surface area contributed by atoms with Gasteiger partial charge in [-0.15, -0.1) is 39.7 Å². The molecule has 4 aromatic heterocycles. The molecule has 4 nitrogen and oxygen atoms in total. The Kier molecular flexibility index (Phi) is 7.28. The number of halogens is 5. The van der Waals surface area contributed by atoms with Gasteiger partial charge in [0.2, 0.25) is 0 Å². The van der Waals surface area contributed by atoms with Crippen LogP contribution in [0.2, 0.25) is 0 Å². The number of aromatic nitrogens is 4. The predicted molar refractivity (Wildman–Crippen MR) is 140 cm³/mol. The molecule has 0 saturated heterocycles. The van der Waals surface area contributed by atoms with Gasteiger partial charge in [0.1, 0.15) is 0 Å². The molecule has 0 aliphatic rings. The summed E-state index contributed by atoms with van der Waals surface area (Å²) in [5, 5.41) is 9.16. The summed E-state index contributed by atoms with van der Waals surface area (Å²) >= 11 is 6.31. The van der Waals surface area contributed by atoms with Gasteiger partial charge >= 0.3 is 6.18 Å². The lowest BCUT2D eigenvalue weighted by molar-refractivity contribution is -0.136. The third kappa shape index (κ3) is 4.98. The van der Waals surface area contributed by atoms with Gasteiger partial charge in [0.25, 0.3) is 0 Å². The molecular weight excluding hydrogens is 613 g/mol. The third-order valence-corrected chi connectivity index (χ3v) is 7.52. The number of aryl methyl sites for hydroxylation is 3. The number of pyridine rings is 1. The minimum Gasteiger partial charge on any atom is -0.247 e. The van der Waals surface area contributed by atoms with Crippen LogP contribution in [0.4, 0.5) is 13.2 Å². The highest BCUT2D eigenvalue weighted by molar-refractivity contribution is 9.10. The molecule has 0 spiro atoms. The molecule has 11 heteroatoms. The van der Waals surface area contributed by atoms with E-state index in [1.54, 1.807) is 23.7 Å². The molecule has 4 heterocycles. The second kappa shape index (κ2) is 9.88. The molecule has 0 aliphatic carbocycles. The number of thiazole rings is 1. The van der Waals surface area contributed by atoms with Crippen LogP contribution < -0.4 is 0 Å². The van der Waals surface area contributed by atoms with Crippen molar-refractivity contribution in [3.05, 3.63) is 74.0 Å². The Morgan fingerprint density at radius 1 is 1.03 bits per heavy atom. The standard InChI is InChI=1S/C23H16BrF3N4S2.BrH/c1-13-21-16(23(25,26)27)11-17(19-3-2-10-32-19)29-22(21)31(30-13)9-8-20-28-18(12-33-20)14-4-6-15(24)7-5-14;/h2-7,10-12H,8-9H2,1H3;1H. The van der Waals surface area contributed by atoms with Gasteiger partial charge < -0.3 is 0 Å². The number of nitrogens with zero attached hydrogens (tertiary/aromatic N) is 4. The second-order valence-electron chi connectivity index (χ2n) is 7.42. The minimum absolute atomic E-state index is 0. The number of hydrogen-bond acceptors (Lipinski definition) is 5. The zero-order valence-corrected chi connectivity index (χ0v) is 22.6. The topological polar surface area (TPSA) is 43.6 Å². The van der Waals surface area contributed by atoms with Crippen LogP contribution in [0.25, 0.3) is 32.9 Å². The van der Waals surface area contributed by atoms with Crippen LogP contribution in [0.15, 0.2) is 57.7 Å². The van der Waals surface area contributed by atoms with Gasteiger partial charge in [-0.05, 0) is 36.6 Å². The molecule has 5 aromatic rings. The Bertz CT molecular complexity index is 1430. The van der Waals surface area contributed by atoms with E-state index in [4.69, 9.17) is 4.98 Å². The number of alkyl halides is 3. The summed E-state index contributed by atoms with van der Waals surface area (Å²) < 4.78 is 44.3. The van der Waals surface area contributed by atoms with Gasteiger partial charge in [-0.2, -0.15) is 18.3 Å². The number of thiophene rings is 1. The first-order valence-corrected chi connectivity index (χ1v) is 12.5. The van der Waals surface area contributed by atoms with Crippen LogP contribution in [0.5, 0.6) is 0 Å². The fourth-order valence-electron chi connectivity index (χ4n) is 3.66. The predicted octanol–water partition coefficient (Wildman–Crippen LogP) is 8.19. The summed E-state index contributed by atoms with van der Waals surface area (Å²) in [4.78, 5) is 9.95. The normalized spacial score (nSPS) is 11.7. The first-order chi connectivity index (χ1) is 15.8. The van der Waals surface area contributed by atoms with E-state index in [0.717, 1.165) is 26.8 Å². The Morgan fingerprint density at radius 2 is 1.79 bits per heavy atom. The lowest BCUT2D eigenvalue weighted by Crippen LogP contribution is -2.08. The lowest BCUT2D eigenvalue weighted by atomic mass is 10.1. The lowest BCUT2D eigenvalue weighted by Gasteiger charge is -2.11. The van der Waals surface area contributed by atoms with Gasteiger partial charge in [0.05, 0.1) is 37.9 Å². The van der Waals surface area contributed by atoms with Crippen LogP contribution in [0, 0.1) is 6.92 Å². The number of rotatable bonds is 5. The Labute approximate surface area is 220 Å². The van der Waals surface area contributed by atoms with E-state index in [1.165, 1.54) is 22.7 Å². The zero-order valence-electron chi connectivity index (χ0n) is 17.6. The molecule has 0 bridgehead atoms. The maximum Gasteiger partial charge on any atom is 0.417 e.